The molecule has 0 aromatic rings. The van der Waals surface area contributed by atoms with Gasteiger partial charge in [0.1, 0.15) is 0 Å². The van der Waals surface area contributed by atoms with Crippen molar-refractivity contribution in [3.8, 4) is 0 Å². The minimum atomic E-state index is -0.296. The Morgan fingerprint density at radius 1 is 1.36 bits per heavy atom. The topological polar surface area (TPSA) is 23.5 Å². The highest BCUT2D eigenvalue weighted by molar-refractivity contribution is 5.05. The van der Waals surface area contributed by atoms with Gasteiger partial charge in [0.2, 0.25) is 0 Å². The molecule has 0 spiro atoms. The van der Waals surface area contributed by atoms with Crippen molar-refractivity contribution in [2.75, 3.05) is 13.1 Å². The largest absolute Gasteiger partial charge is 0.388 e. The van der Waals surface area contributed by atoms with Crippen LogP contribution in [0, 0.1) is 5.92 Å². The van der Waals surface area contributed by atoms with Crippen LogP contribution in [0.1, 0.15) is 46.0 Å². The van der Waals surface area contributed by atoms with E-state index in [2.05, 4.69) is 18.7 Å². The van der Waals surface area contributed by atoms with Crippen molar-refractivity contribution in [3.05, 3.63) is 0 Å². The van der Waals surface area contributed by atoms with Crippen molar-refractivity contribution >= 4 is 0 Å². The van der Waals surface area contributed by atoms with Gasteiger partial charge >= 0.3 is 0 Å². The lowest BCUT2D eigenvalue weighted by atomic mass is 9.90. The maximum absolute atomic E-state index is 10.2. The van der Waals surface area contributed by atoms with Gasteiger partial charge in [-0.25, -0.2) is 0 Å². The predicted molar refractivity (Wildman–Crippen MR) is 58.2 cm³/mol. The van der Waals surface area contributed by atoms with E-state index in [0.717, 1.165) is 25.3 Å². The van der Waals surface area contributed by atoms with E-state index < -0.39 is 0 Å². The van der Waals surface area contributed by atoms with E-state index in [9.17, 15) is 5.11 Å². The molecule has 1 aliphatic carbocycles. The summed E-state index contributed by atoms with van der Waals surface area (Å²) in [6.45, 7) is 6.92. The van der Waals surface area contributed by atoms with E-state index in [-0.39, 0.29) is 5.60 Å². The molecule has 1 saturated carbocycles. The minimum Gasteiger partial charge on any atom is -0.388 e. The number of likely N-dealkylation sites (tertiary alicyclic amines) is 1. The maximum Gasteiger partial charge on any atom is 0.0804 e. The third-order valence-electron chi connectivity index (χ3n) is 3.81. The van der Waals surface area contributed by atoms with Gasteiger partial charge in [0.05, 0.1) is 5.60 Å². The number of hydrogen-bond donors (Lipinski definition) is 1. The molecule has 14 heavy (non-hydrogen) atoms. The molecule has 2 atom stereocenters. The zero-order valence-corrected chi connectivity index (χ0v) is 9.50. The van der Waals surface area contributed by atoms with Crippen LogP contribution in [-0.4, -0.2) is 34.7 Å². The van der Waals surface area contributed by atoms with Gasteiger partial charge in [-0.05, 0) is 44.6 Å². The third kappa shape index (κ3) is 1.96. The molecule has 0 aromatic heterocycles. The second-order valence-corrected chi connectivity index (χ2v) is 5.30. The second-order valence-electron chi connectivity index (χ2n) is 5.30. The zero-order valence-electron chi connectivity index (χ0n) is 9.50. The lowest BCUT2D eigenvalue weighted by Gasteiger charge is -2.41. The summed E-state index contributed by atoms with van der Waals surface area (Å²) in [7, 11) is 0. The Bertz CT molecular complexity index is 200. The van der Waals surface area contributed by atoms with Gasteiger partial charge in [-0.2, -0.15) is 0 Å². The number of nitrogens with zero attached hydrogens (tertiary/aromatic N) is 1. The van der Waals surface area contributed by atoms with Crippen LogP contribution < -0.4 is 0 Å². The molecule has 2 fully saturated rings. The lowest BCUT2D eigenvalue weighted by molar-refractivity contribution is -0.00465. The molecule has 0 bridgehead atoms. The number of aliphatic hydroxyl groups is 1. The lowest BCUT2D eigenvalue weighted by Crippen LogP contribution is -2.50. The van der Waals surface area contributed by atoms with Crippen LogP contribution in [-0.2, 0) is 0 Å². The Morgan fingerprint density at radius 2 is 2.07 bits per heavy atom. The summed E-state index contributed by atoms with van der Waals surface area (Å²) in [5.41, 5.74) is -0.296. The fourth-order valence-electron chi connectivity index (χ4n) is 2.85. The molecule has 2 rings (SSSR count). The Hall–Kier alpha value is -0.0800. The van der Waals surface area contributed by atoms with E-state index in [0.29, 0.717) is 6.04 Å². The van der Waals surface area contributed by atoms with Crippen LogP contribution in [0.3, 0.4) is 0 Å². The molecular formula is C12H23NO. The highest BCUT2D eigenvalue weighted by Gasteiger charge is 2.50. The Morgan fingerprint density at radius 3 is 2.64 bits per heavy atom. The summed E-state index contributed by atoms with van der Waals surface area (Å²) in [5.74, 6) is 0.820. The van der Waals surface area contributed by atoms with Crippen molar-refractivity contribution in [2.45, 2.75) is 57.6 Å². The highest BCUT2D eigenvalue weighted by atomic mass is 16.3. The molecular weight excluding hydrogens is 174 g/mol. The normalized spacial score (nSPS) is 37.1. The van der Waals surface area contributed by atoms with Crippen molar-refractivity contribution in [1.82, 2.24) is 4.90 Å². The van der Waals surface area contributed by atoms with E-state index in [1.165, 1.54) is 25.8 Å². The SMILES string of the molecule is CCCN1C[C@H](C)CC[C@@H]1C1(O)CC1. The molecule has 2 nitrogen and oxygen atoms in total. The molecule has 2 aliphatic rings. The Kier molecular flexibility index (Phi) is 2.85. The predicted octanol–water partition coefficient (Wildman–Crippen LogP) is 2.02. The highest BCUT2D eigenvalue weighted by Crippen LogP contribution is 2.44. The van der Waals surface area contributed by atoms with Crippen molar-refractivity contribution in [2.24, 2.45) is 5.92 Å². The van der Waals surface area contributed by atoms with E-state index in [1.807, 2.05) is 0 Å². The summed E-state index contributed by atoms with van der Waals surface area (Å²) in [6.07, 6.45) is 5.78. The van der Waals surface area contributed by atoms with E-state index in [1.54, 1.807) is 0 Å². The van der Waals surface area contributed by atoms with Gasteiger partial charge in [0.25, 0.3) is 0 Å². The van der Waals surface area contributed by atoms with Gasteiger partial charge in [-0.15, -0.1) is 0 Å². The van der Waals surface area contributed by atoms with Crippen LogP contribution >= 0.6 is 0 Å². The van der Waals surface area contributed by atoms with Gasteiger partial charge in [0.15, 0.2) is 0 Å². The summed E-state index contributed by atoms with van der Waals surface area (Å²) in [4.78, 5) is 2.53. The molecule has 0 aromatic carbocycles. The molecule has 2 heteroatoms. The Balaban J connectivity index is 1.99. The number of hydrogen-bond acceptors (Lipinski definition) is 2. The van der Waals surface area contributed by atoms with Crippen LogP contribution in [0.5, 0.6) is 0 Å². The van der Waals surface area contributed by atoms with Crippen molar-refractivity contribution < 1.29 is 5.11 Å². The minimum absolute atomic E-state index is 0.296. The monoisotopic (exact) mass is 197 g/mol. The fourth-order valence-corrected chi connectivity index (χ4v) is 2.85. The van der Waals surface area contributed by atoms with E-state index >= 15 is 0 Å². The molecule has 1 heterocycles. The van der Waals surface area contributed by atoms with Crippen LogP contribution in [0.4, 0.5) is 0 Å². The smallest absolute Gasteiger partial charge is 0.0804 e. The van der Waals surface area contributed by atoms with Crippen LogP contribution in [0.2, 0.25) is 0 Å². The van der Waals surface area contributed by atoms with E-state index in [4.69, 9.17) is 0 Å². The van der Waals surface area contributed by atoms with Gasteiger partial charge in [-0.1, -0.05) is 13.8 Å². The third-order valence-corrected chi connectivity index (χ3v) is 3.81. The molecule has 1 saturated heterocycles. The quantitative estimate of drug-likeness (QED) is 0.748. The zero-order chi connectivity index (χ0) is 10.2. The first-order valence-electron chi connectivity index (χ1n) is 6.12. The first kappa shape index (κ1) is 10.4. The fraction of sp³-hybridized carbons (Fsp3) is 1.00. The maximum atomic E-state index is 10.2. The summed E-state index contributed by atoms with van der Waals surface area (Å²) < 4.78 is 0. The van der Waals surface area contributed by atoms with Crippen molar-refractivity contribution in [3.63, 3.8) is 0 Å². The number of piperidine rings is 1. The summed E-state index contributed by atoms with van der Waals surface area (Å²) in [5, 5.41) is 10.2. The van der Waals surface area contributed by atoms with Gasteiger partial charge in [-0.3, -0.25) is 4.90 Å². The summed E-state index contributed by atoms with van der Waals surface area (Å²) in [6, 6.07) is 0.471. The second kappa shape index (κ2) is 3.82. The van der Waals surface area contributed by atoms with Crippen molar-refractivity contribution in [1.29, 1.82) is 0 Å². The van der Waals surface area contributed by atoms with Gasteiger partial charge < -0.3 is 5.11 Å². The molecule has 0 amide bonds. The molecule has 0 radical (unpaired) electrons. The average molecular weight is 197 g/mol. The first-order valence-corrected chi connectivity index (χ1v) is 6.12. The first-order chi connectivity index (χ1) is 6.65. The molecule has 1 aliphatic heterocycles. The molecule has 82 valence electrons. The Labute approximate surface area is 87.3 Å². The number of rotatable bonds is 3. The van der Waals surface area contributed by atoms with Crippen LogP contribution in [0.25, 0.3) is 0 Å². The van der Waals surface area contributed by atoms with Gasteiger partial charge in [0, 0.05) is 12.6 Å². The summed E-state index contributed by atoms with van der Waals surface area (Å²) >= 11 is 0. The van der Waals surface area contributed by atoms with Crippen LogP contribution in [0.15, 0.2) is 0 Å². The standard InChI is InChI=1S/C12H23NO/c1-3-8-13-9-10(2)4-5-11(13)12(14)6-7-12/h10-11,14H,3-9H2,1-2H3/t10-,11-/m1/s1. The molecule has 1 N–H and O–H groups in total. The average Bonchev–Trinajstić information content (AvgIpc) is 2.85. The molecule has 0 unspecified atom stereocenters.